The van der Waals surface area contributed by atoms with Crippen molar-refractivity contribution in [2.24, 2.45) is 11.3 Å². The third-order valence-electron chi connectivity index (χ3n) is 7.62. The van der Waals surface area contributed by atoms with E-state index in [-0.39, 0.29) is 22.8 Å². The van der Waals surface area contributed by atoms with E-state index in [0.29, 0.717) is 16.2 Å². The average Bonchev–Trinajstić information content (AvgIpc) is 3.07. The number of anilines is 1. The number of benzene rings is 1. The van der Waals surface area contributed by atoms with Crippen molar-refractivity contribution in [2.45, 2.75) is 64.4 Å². The summed E-state index contributed by atoms with van der Waals surface area (Å²) < 4.78 is 17.3. The summed E-state index contributed by atoms with van der Waals surface area (Å²) in [5.41, 5.74) is 3.26. The van der Waals surface area contributed by atoms with Crippen molar-refractivity contribution in [1.82, 2.24) is 14.7 Å². The van der Waals surface area contributed by atoms with Crippen LogP contribution in [0.15, 0.2) is 35.1 Å². The van der Waals surface area contributed by atoms with Crippen LogP contribution in [-0.4, -0.2) is 37.1 Å². The van der Waals surface area contributed by atoms with Crippen LogP contribution in [0.2, 0.25) is 0 Å². The van der Waals surface area contributed by atoms with Crippen LogP contribution in [0.1, 0.15) is 63.4 Å². The number of hydrogen-bond acceptors (Lipinski definition) is 5. The Morgan fingerprint density at radius 2 is 2.00 bits per heavy atom. The largest absolute Gasteiger partial charge is 0.390 e. The van der Waals surface area contributed by atoms with Crippen LogP contribution in [0.3, 0.4) is 0 Å². The molecule has 32 heavy (non-hydrogen) atoms. The molecule has 2 atom stereocenters. The van der Waals surface area contributed by atoms with E-state index < -0.39 is 11.0 Å². The van der Waals surface area contributed by atoms with E-state index in [1.165, 1.54) is 11.1 Å². The smallest absolute Gasteiger partial charge is 0.152 e. The molecule has 1 unspecified atom stereocenters. The lowest BCUT2D eigenvalue weighted by Crippen LogP contribution is -2.49. The van der Waals surface area contributed by atoms with E-state index in [4.69, 9.17) is 0 Å². The van der Waals surface area contributed by atoms with E-state index >= 15 is 0 Å². The number of nitrogens with zero attached hydrogens (tertiary/aromatic N) is 3. The molecule has 1 fully saturated rings. The number of fused-ring (bicyclic) bond motifs is 1. The summed E-state index contributed by atoms with van der Waals surface area (Å²) in [6.45, 7) is 9.95. The highest BCUT2D eigenvalue weighted by Crippen LogP contribution is 2.52. The minimum absolute atomic E-state index is 0.0189. The Bertz CT molecular complexity index is 1010. The molecule has 4 rings (SSSR count). The summed E-state index contributed by atoms with van der Waals surface area (Å²) in [7, 11) is -1.16. The summed E-state index contributed by atoms with van der Waals surface area (Å²) >= 11 is 3.34. The summed E-state index contributed by atoms with van der Waals surface area (Å²) in [5.74, 6) is 1.06. The van der Waals surface area contributed by atoms with Gasteiger partial charge >= 0.3 is 0 Å². The van der Waals surface area contributed by atoms with Gasteiger partial charge in [0.2, 0.25) is 0 Å². The molecule has 0 saturated carbocycles. The SMILES string of the molecule is CC(C)C(C)(C)S(=O)N[C@@H]1c2ccccc2CC12CCN(c1ncc(Br)nc1CO)CC2. The molecule has 1 aliphatic carbocycles. The van der Waals surface area contributed by atoms with Crippen molar-refractivity contribution >= 4 is 32.7 Å². The maximum Gasteiger partial charge on any atom is 0.152 e. The maximum absolute atomic E-state index is 13.4. The average molecular weight is 522 g/mol. The van der Waals surface area contributed by atoms with Gasteiger partial charge in [-0.1, -0.05) is 38.1 Å². The number of nitrogens with one attached hydrogen (secondary N) is 1. The highest BCUT2D eigenvalue weighted by Gasteiger charge is 2.49. The zero-order valence-electron chi connectivity index (χ0n) is 19.3. The van der Waals surface area contributed by atoms with E-state index in [9.17, 15) is 9.32 Å². The van der Waals surface area contributed by atoms with Gasteiger partial charge < -0.3 is 10.0 Å². The van der Waals surface area contributed by atoms with Crippen molar-refractivity contribution in [3.05, 3.63) is 51.9 Å². The van der Waals surface area contributed by atoms with Crippen LogP contribution in [-0.2, 0) is 24.0 Å². The van der Waals surface area contributed by atoms with E-state index in [0.717, 1.165) is 38.2 Å². The van der Waals surface area contributed by atoms with Crippen LogP contribution in [0.25, 0.3) is 0 Å². The molecule has 1 saturated heterocycles. The molecule has 6 nitrogen and oxygen atoms in total. The Morgan fingerprint density at radius 1 is 1.31 bits per heavy atom. The normalized spacial score (nSPS) is 21.2. The Balaban J connectivity index is 1.59. The number of hydrogen-bond donors (Lipinski definition) is 2. The van der Waals surface area contributed by atoms with Gasteiger partial charge in [-0.05, 0) is 71.5 Å². The number of aromatic nitrogens is 2. The maximum atomic E-state index is 13.4. The quantitative estimate of drug-likeness (QED) is 0.593. The topological polar surface area (TPSA) is 78.4 Å². The summed E-state index contributed by atoms with van der Waals surface area (Å²) in [5, 5.41) is 9.77. The van der Waals surface area contributed by atoms with Gasteiger partial charge in [0.15, 0.2) is 5.82 Å². The lowest BCUT2D eigenvalue weighted by molar-refractivity contribution is 0.176. The van der Waals surface area contributed by atoms with Crippen molar-refractivity contribution < 1.29 is 9.32 Å². The monoisotopic (exact) mass is 520 g/mol. The van der Waals surface area contributed by atoms with Gasteiger partial charge in [-0.15, -0.1) is 0 Å². The van der Waals surface area contributed by atoms with Crippen molar-refractivity contribution in [3.63, 3.8) is 0 Å². The minimum atomic E-state index is -1.16. The standard InChI is InChI=1S/C24H33BrN4O2S/c1-16(2)23(3,4)32(31)28-21-18-8-6-5-7-17(18)13-24(21)9-11-29(12-10-24)22-19(15-30)27-20(25)14-26-22/h5-8,14,16,21,28,30H,9-13,15H2,1-4H3/t21-,32?/m1/s1. The first-order valence-corrected chi connectivity index (χ1v) is 13.3. The van der Waals surface area contributed by atoms with Gasteiger partial charge in [0.05, 0.1) is 34.6 Å². The Kier molecular flexibility index (Phi) is 6.78. The van der Waals surface area contributed by atoms with Gasteiger partial charge in [-0.25, -0.2) is 18.9 Å². The van der Waals surface area contributed by atoms with Gasteiger partial charge in [0, 0.05) is 13.1 Å². The molecule has 0 radical (unpaired) electrons. The Labute approximate surface area is 202 Å². The highest BCUT2D eigenvalue weighted by atomic mass is 79.9. The first-order chi connectivity index (χ1) is 15.2. The number of halogens is 1. The Hall–Kier alpha value is -1.35. The molecule has 2 heterocycles. The molecule has 2 aliphatic rings. The molecule has 1 aromatic carbocycles. The van der Waals surface area contributed by atoms with Crippen molar-refractivity contribution in [1.29, 1.82) is 0 Å². The zero-order chi connectivity index (χ0) is 23.1. The second-order valence-electron chi connectivity index (χ2n) is 9.92. The van der Waals surface area contributed by atoms with E-state index in [2.05, 4.69) is 87.5 Å². The fourth-order valence-electron chi connectivity index (χ4n) is 4.85. The van der Waals surface area contributed by atoms with Gasteiger partial charge in [0.1, 0.15) is 10.3 Å². The van der Waals surface area contributed by atoms with Gasteiger partial charge in [-0.2, -0.15) is 0 Å². The summed E-state index contributed by atoms with van der Waals surface area (Å²) in [6.07, 6.45) is 4.60. The first kappa shape index (κ1) is 23.8. The van der Waals surface area contributed by atoms with Crippen LogP contribution in [0, 0.1) is 11.3 Å². The lowest BCUT2D eigenvalue weighted by atomic mass is 9.73. The minimum Gasteiger partial charge on any atom is -0.390 e. The number of aliphatic hydroxyl groups is 1. The van der Waals surface area contributed by atoms with E-state index in [1.54, 1.807) is 6.20 Å². The molecule has 1 aliphatic heterocycles. The van der Waals surface area contributed by atoms with Crippen molar-refractivity contribution in [2.75, 3.05) is 18.0 Å². The molecule has 1 aromatic heterocycles. The van der Waals surface area contributed by atoms with Crippen molar-refractivity contribution in [3.8, 4) is 0 Å². The van der Waals surface area contributed by atoms with Crippen LogP contribution < -0.4 is 9.62 Å². The third kappa shape index (κ3) is 4.27. The van der Waals surface area contributed by atoms with Crippen LogP contribution in [0.4, 0.5) is 5.82 Å². The molecule has 2 aromatic rings. The molecule has 8 heteroatoms. The lowest BCUT2D eigenvalue weighted by Gasteiger charge is -2.44. The number of piperidine rings is 1. The molecule has 0 bridgehead atoms. The number of rotatable bonds is 6. The van der Waals surface area contributed by atoms with Crippen LogP contribution >= 0.6 is 15.9 Å². The fraction of sp³-hybridized carbons (Fsp3) is 0.583. The summed E-state index contributed by atoms with van der Waals surface area (Å²) in [4.78, 5) is 11.2. The molecule has 0 amide bonds. The predicted molar refractivity (Wildman–Crippen MR) is 133 cm³/mol. The Morgan fingerprint density at radius 3 is 2.66 bits per heavy atom. The zero-order valence-corrected chi connectivity index (χ0v) is 21.7. The van der Waals surface area contributed by atoms with E-state index in [1.807, 2.05) is 0 Å². The number of aliphatic hydroxyl groups excluding tert-OH is 1. The van der Waals surface area contributed by atoms with Crippen LogP contribution in [0.5, 0.6) is 0 Å². The highest BCUT2D eigenvalue weighted by molar-refractivity contribution is 9.10. The molecular weight excluding hydrogens is 488 g/mol. The first-order valence-electron chi connectivity index (χ1n) is 11.3. The predicted octanol–water partition coefficient (Wildman–Crippen LogP) is 4.30. The van der Waals surface area contributed by atoms with Gasteiger partial charge in [0.25, 0.3) is 0 Å². The second kappa shape index (κ2) is 9.12. The fourth-order valence-corrected chi connectivity index (χ4v) is 6.49. The molecular formula is C24H33BrN4O2S. The summed E-state index contributed by atoms with van der Waals surface area (Å²) in [6, 6.07) is 8.66. The molecule has 174 valence electrons. The second-order valence-corrected chi connectivity index (χ2v) is 12.6. The molecule has 1 spiro atoms. The van der Waals surface area contributed by atoms with Gasteiger partial charge in [-0.3, -0.25) is 0 Å². The molecule has 2 N–H and O–H groups in total. The third-order valence-corrected chi connectivity index (χ3v) is 9.87.